The molecule has 0 bridgehead atoms. The number of carbonyl (C=O) groups is 2. The van der Waals surface area contributed by atoms with Crippen molar-refractivity contribution in [2.45, 2.75) is 13.2 Å². The Hall–Kier alpha value is -4.39. The van der Waals surface area contributed by atoms with Crippen LogP contribution in [0, 0.1) is 0 Å². The first-order valence-electron chi connectivity index (χ1n) is 10.4. The Bertz CT molecular complexity index is 1430. The van der Waals surface area contributed by atoms with Gasteiger partial charge in [0.15, 0.2) is 0 Å². The van der Waals surface area contributed by atoms with Crippen LogP contribution in [0.5, 0.6) is 5.75 Å². The Balaban J connectivity index is 1.60. The minimum Gasteiger partial charge on any atom is -0.488 e. The molecule has 1 aromatic heterocycles. The van der Waals surface area contributed by atoms with Gasteiger partial charge >= 0.3 is 11.9 Å². The summed E-state index contributed by atoms with van der Waals surface area (Å²) >= 11 is 0. The number of carboxylic acids is 1. The normalized spacial score (nSPS) is 13.7. The number of fused-ring (bicyclic) bond motifs is 3. The molecular weight excluding hydrogens is 420 g/mol. The predicted molar refractivity (Wildman–Crippen MR) is 122 cm³/mol. The summed E-state index contributed by atoms with van der Waals surface area (Å²) in [6.45, 7) is 0.895. The highest BCUT2D eigenvalue weighted by molar-refractivity contribution is 5.94. The van der Waals surface area contributed by atoms with Crippen LogP contribution in [0.15, 0.2) is 73.1 Å². The summed E-state index contributed by atoms with van der Waals surface area (Å²) in [5.74, 6) is -0.758. The molecule has 7 heteroatoms. The Morgan fingerprint density at radius 3 is 2.73 bits per heavy atom. The van der Waals surface area contributed by atoms with Crippen LogP contribution in [0.4, 0.5) is 0 Å². The molecule has 0 spiro atoms. The summed E-state index contributed by atoms with van der Waals surface area (Å²) in [7, 11) is 1.35. The third-order valence-corrected chi connectivity index (χ3v) is 5.74. The topological polar surface area (TPSA) is 90.6 Å². The van der Waals surface area contributed by atoms with Gasteiger partial charge in [-0.15, -0.1) is 0 Å². The highest BCUT2D eigenvalue weighted by Crippen LogP contribution is 2.37. The zero-order chi connectivity index (χ0) is 22.9. The van der Waals surface area contributed by atoms with Gasteiger partial charge in [-0.25, -0.2) is 14.6 Å². The van der Waals surface area contributed by atoms with Gasteiger partial charge in [-0.1, -0.05) is 30.3 Å². The summed E-state index contributed by atoms with van der Waals surface area (Å²) in [5, 5.41) is 9.51. The number of nitrogens with zero attached hydrogens (tertiary/aromatic N) is 2. The van der Waals surface area contributed by atoms with Crippen molar-refractivity contribution in [2.24, 2.45) is 0 Å². The number of aromatic nitrogens is 2. The van der Waals surface area contributed by atoms with Crippen LogP contribution in [-0.2, 0) is 17.9 Å². The number of ether oxygens (including phenoxy) is 2. The number of benzene rings is 3. The van der Waals surface area contributed by atoms with E-state index in [0.29, 0.717) is 30.0 Å². The fourth-order valence-electron chi connectivity index (χ4n) is 4.07. The molecule has 0 atom stereocenters. The molecule has 5 rings (SSSR count). The van der Waals surface area contributed by atoms with Crippen molar-refractivity contribution in [3.8, 4) is 5.75 Å². The smallest absolute Gasteiger partial charge is 0.337 e. The lowest BCUT2D eigenvalue weighted by Gasteiger charge is -2.12. The van der Waals surface area contributed by atoms with Crippen molar-refractivity contribution in [1.82, 2.24) is 9.55 Å². The number of carbonyl (C=O) groups excluding carboxylic acids is 1. The molecule has 0 radical (unpaired) electrons. The summed E-state index contributed by atoms with van der Waals surface area (Å²) < 4.78 is 12.8. The SMILES string of the molecule is COC(=O)c1ccc2c(c1)ncn2C/C=C1\c2ccccc2COc2ccc(C(=O)O)cc21. The Labute approximate surface area is 189 Å². The lowest BCUT2D eigenvalue weighted by Crippen LogP contribution is -2.01. The molecule has 3 aromatic carbocycles. The van der Waals surface area contributed by atoms with E-state index in [-0.39, 0.29) is 5.56 Å². The number of allylic oxidation sites excluding steroid dienone is 1. The number of carboxylic acid groups (broad SMARTS) is 1. The molecule has 0 amide bonds. The van der Waals surface area contributed by atoms with Gasteiger partial charge < -0.3 is 19.1 Å². The van der Waals surface area contributed by atoms with Crippen LogP contribution >= 0.6 is 0 Å². The first-order valence-corrected chi connectivity index (χ1v) is 10.4. The zero-order valence-electron chi connectivity index (χ0n) is 17.8. The number of hydrogen-bond acceptors (Lipinski definition) is 5. The first kappa shape index (κ1) is 20.5. The summed E-state index contributed by atoms with van der Waals surface area (Å²) in [5.41, 5.74) is 5.86. The van der Waals surface area contributed by atoms with Crippen molar-refractivity contribution in [3.63, 3.8) is 0 Å². The molecule has 2 heterocycles. The summed E-state index contributed by atoms with van der Waals surface area (Å²) in [6.07, 6.45) is 3.77. The number of imidazole rings is 1. The van der Waals surface area contributed by atoms with Gasteiger partial charge in [-0.2, -0.15) is 0 Å². The quantitative estimate of drug-likeness (QED) is 0.469. The number of hydrogen-bond donors (Lipinski definition) is 1. The maximum Gasteiger partial charge on any atom is 0.337 e. The molecule has 0 saturated heterocycles. The molecule has 33 heavy (non-hydrogen) atoms. The molecule has 164 valence electrons. The second-order valence-electron chi connectivity index (χ2n) is 7.67. The van der Waals surface area contributed by atoms with E-state index in [4.69, 9.17) is 9.47 Å². The minimum atomic E-state index is -0.989. The molecule has 0 aliphatic carbocycles. The first-order chi connectivity index (χ1) is 16.0. The van der Waals surface area contributed by atoms with Crippen LogP contribution in [0.1, 0.15) is 37.4 Å². The molecule has 4 aromatic rings. The zero-order valence-corrected chi connectivity index (χ0v) is 17.8. The highest BCUT2D eigenvalue weighted by Gasteiger charge is 2.20. The maximum atomic E-state index is 11.8. The molecule has 1 N–H and O–H groups in total. The molecule has 1 aliphatic heterocycles. The number of esters is 1. The molecular formula is C26H20N2O5. The summed E-state index contributed by atoms with van der Waals surface area (Å²) in [6, 6.07) is 18.1. The van der Waals surface area contributed by atoms with Crippen molar-refractivity contribution < 1.29 is 24.2 Å². The Morgan fingerprint density at radius 1 is 1.09 bits per heavy atom. The molecule has 0 unspecified atom stereocenters. The van der Waals surface area contributed by atoms with E-state index < -0.39 is 11.9 Å². The van der Waals surface area contributed by atoms with E-state index in [1.165, 1.54) is 7.11 Å². The Kier molecular flexibility index (Phi) is 5.14. The van der Waals surface area contributed by atoms with Gasteiger partial charge in [0.05, 0.1) is 35.6 Å². The average molecular weight is 440 g/mol. The predicted octanol–water partition coefficient (Wildman–Crippen LogP) is 4.55. The van der Waals surface area contributed by atoms with E-state index in [2.05, 4.69) is 4.98 Å². The van der Waals surface area contributed by atoms with E-state index >= 15 is 0 Å². The molecule has 1 aliphatic rings. The van der Waals surface area contributed by atoms with Crippen molar-refractivity contribution >= 4 is 28.5 Å². The van der Waals surface area contributed by atoms with E-state index in [1.807, 2.05) is 41.0 Å². The fourth-order valence-corrected chi connectivity index (χ4v) is 4.07. The van der Waals surface area contributed by atoms with E-state index in [0.717, 1.165) is 27.8 Å². The molecule has 0 fully saturated rings. The van der Waals surface area contributed by atoms with Gasteiger partial charge in [0.2, 0.25) is 0 Å². The van der Waals surface area contributed by atoms with Crippen molar-refractivity contribution in [3.05, 3.63) is 101 Å². The van der Waals surface area contributed by atoms with Crippen LogP contribution < -0.4 is 4.74 Å². The van der Waals surface area contributed by atoms with Crippen LogP contribution in [0.3, 0.4) is 0 Å². The second kappa shape index (κ2) is 8.27. The number of aromatic carboxylic acids is 1. The lowest BCUT2D eigenvalue weighted by molar-refractivity contribution is 0.0600. The van der Waals surface area contributed by atoms with Gasteiger partial charge in [-0.05, 0) is 53.1 Å². The Morgan fingerprint density at radius 2 is 1.91 bits per heavy atom. The summed E-state index contributed by atoms with van der Waals surface area (Å²) in [4.78, 5) is 27.9. The average Bonchev–Trinajstić information content (AvgIpc) is 3.17. The van der Waals surface area contributed by atoms with Crippen LogP contribution in [-0.4, -0.2) is 33.7 Å². The second-order valence-corrected chi connectivity index (χ2v) is 7.67. The number of rotatable bonds is 4. The number of methoxy groups -OCH3 is 1. The van der Waals surface area contributed by atoms with Gasteiger partial charge in [-0.3, -0.25) is 0 Å². The van der Waals surface area contributed by atoms with E-state index in [1.54, 1.807) is 36.7 Å². The van der Waals surface area contributed by atoms with Crippen LogP contribution in [0.25, 0.3) is 16.6 Å². The molecule has 0 saturated carbocycles. The van der Waals surface area contributed by atoms with Crippen molar-refractivity contribution in [1.29, 1.82) is 0 Å². The fraction of sp³-hybridized carbons (Fsp3) is 0.115. The standard InChI is InChI=1S/C26H20N2O5/c1-32-26(31)17-6-8-23-22(13-17)27-15-28(23)11-10-20-19-5-3-2-4-18(19)14-33-24-9-7-16(25(29)30)12-21(20)24/h2-10,12-13,15H,11,14H2,1H3,(H,29,30)/b20-10+. The van der Waals surface area contributed by atoms with Crippen molar-refractivity contribution in [2.75, 3.05) is 7.11 Å². The molecule has 7 nitrogen and oxygen atoms in total. The van der Waals surface area contributed by atoms with E-state index in [9.17, 15) is 14.7 Å². The maximum absolute atomic E-state index is 11.8. The largest absolute Gasteiger partial charge is 0.488 e. The van der Waals surface area contributed by atoms with Gasteiger partial charge in [0, 0.05) is 12.1 Å². The third-order valence-electron chi connectivity index (χ3n) is 5.74. The lowest BCUT2D eigenvalue weighted by atomic mass is 9.93. The monoisotopic (exact) mass is 440 g/mol. The highest BCUT2D eigenvalue weighted by atomic mass is 16.5. The van der Waals surface area contributed by atoms with Crippen LogP contribution in [0.2, 0.25) is 0 Å². The van der Waals surface area contributed by atoms with Gasteiger partial charge in [0.1, 0.15) is 12.4 Å². The van der Waals surface area contributed by atoms with Gasteiger partial charge in [0.25, 0.3) is 0 Å². The minimum absolute atomic E-state index is 0.200. The third kappa shape index (κ3) is 3.74.